The summed E-state index contributed by atoms with van der Waals surface area (Å²) in [6.45, 7) is 3.90. The maximum atomic E-state index is 13.4. The van der Waals surface area contributed by atoms with Crippen LogP contribution in [-0.4, -0.2) is 26.2 Å². The number of rotatable bonds is 4. The van der Waals surface area contributed by atoms with Crippen LogP contribution in [0.4, 0.5) is 0 Å². The number of carbonyl (C=O) groups is 1. The zero-order chi connectivity index (χ0) is 20.0. The van der Waals surface area contributed by atoms with Crippen LogP contribution >= 0.6 is 34.7 Å². The molecule has 3 heterocycles. The van der Waals surface area contributed by atoms with E-state index in [9.17, 15) is 9.59 Å². The molecule has 4 rings (SSSR count). The Bertz CT molecular complexity index is 1300. The molecule has 0 spiro atoms. The fourth-order valence-corrected chi connectivity index (χ4v) is 5.10. The number of aromatic nitrogens is 3. The van der Waals surface area contributed by atoms with Crippen molar-refractivity contribution in [2.75, 3.05) is 5.75 Å². The first-order valence-corrected chi connectivity index (χ1v) is 10.5. The largest absolute Gasteiger partial charge is 0.369 e. The van der Waals surface area contributed by atoms with Crippen molar-refractivity contribution in [1.82, 2.24) is 14.5 Å². The van der Waals surface area contributed by atoms with Gasteiger partial charge in [-0.3, -0.25) is 14.2 Å². The predicted molar refractivity (Wildman–Crippen MR) is 115 cm³/mol. The minimum absolute atomic E-state index is 0.0178. The van der Waals surface area contributed by atoms with E-state index in [1.807, 2.05) is 19.9 Å². The molecule has 6 nitrogen and oxygen atoms in total. The van der Waals surface area contributed by atoms with E-state index in [-0.39, 0.29) is 11.3 Å². The number of thiophene rings is 1. The van der Waals surface area contributed by atoms with E-state index in [1.54, 1.807) is 24.3 Å². The summed E-state index contributed by atoms with van der Waals surface area (Å²) < 4.78 is 2.01. The third-order valence-corrected chi connectivity index (χ3v) is 6.46. The van der Waals surface area contributed by atoms with Crippen molar-refractivity contribution in [1.29, 1.82) is 0 Å². The van der Waals surface area contributed by atoms with E-state index in [4.69, 9.17) is 22.3 Å². The van der Waals surface area contributed by atoms with Gasteiger partial charge < -0.3 is 5.73 Å². The van der Waals surface area contributed by atoms with Gasteiger partial charge >= 0.3 is 0 Å². The quantitative estimate of drug-likeness (QED) is 0.392. The van der Waals surface area contributed by atoms with Crippen LogP contribution in [0.3, 0.4) is 0 Å². The lowest BCUT2D eigenvalue weighted by molar-refractivity contribution is -0.115. The Balaban J connectivity index is 2.07. The first-order chi connectivity index (χ1) is 13.3. The molecule has 28 heavy (non-hydrogen) atoms. The van der Waals surface area contributed by atoms with Gasteiger partial charge in [-0.2, -0.15) is 0 Å². The Morgan fingerprint density at radius 3 is 2.64 bits per heavy atom. The van der Waals surface area contributed by atoms with Gasteiger partial charge in [0.1, 0.15) is 9.53 Å². The molecule has 142 valence electrons. The Morgan fingerprint density at radius 1 is 1.25 bits per heavy atom. The van der Waals surface area contributed by atoms with E-state index < -0.39 is 5.91 Å². The summed E-state index contributed by atoms with van der Waals surface area (Å²) in [5.41, 5.74) is 8.22. The number of carbonyl (C=O) groups excluding carboxylic acids is 1. The average molecular weight is 431 g/mol. The van der Waals surface area contributed by atoms with Gasteiger partial charge in [-0.25, -0.2) is 9.97 Å². The van der Waals surface area contributed by atoms with Gasteiger partial charge in [0.05, 0.1) is 17.0 Å². The minimum atomic E-state index is -0.481. The maximum absolute atomic E-state index is 13.4. The number of nitrogens with two attached hydrogens (primary N) is 1. The molecule has 2 N–H and O–H groups in total. The van der Waals surface area contributed by atoms with Gasteiger partial charge in [0, 0.05) is 16.1 Å². The number of pyridine rings is 1. The Kier molecular flexibility index (Phi) is 4.86. The standard InChI is InChI=1S/C19H15ClN4O2S2/c1-9-7-10(2)22-17-14(9)15-16(28-17)18(26)24(12-5-3-11(20)4-6-12)19(23-15)27-8-13(21)25/h3-7H,8H2,1-2H3,(H2,21,25). The molecule has 9 heteroatoms. The molecule has 0 fully saturated rings. The number of benzene rings is 1. The van der Waals surface area contributed by atoms with Gasteiger partial charge in [-0.15, -0.1) is 11.3 Å². The molecule has 0 bridgehead atoms. The summed E-state index contributed by atoms with van der Waals surface area (Å²) in [5.74, 6) is -0.463. The molecule has 0 saturated heterocycles. The molecule has 0 aliphatic rings. The van der Waals surface area contributed by atoms with Crippen LogP contribution in [-0.2, 0) is 4.79 Å². The smallest absolute Gasteiger partial charge is 0.276 e. The molecule has 0 radical (unpaired) electrons. The number of amides is 1. The molecule has 0 unspecified atom stereocenters. The number of nitrogens with zero attached hydrogens (tertiary/aromatic N) is 3. The molecule has 0 aliphatic carbocycles. The Morgan fingerprint density at radius 2 is 1.96 bits per heavy atom. The normalized spacial score (nSPS) is 11.4. The minimum Gasteiger partial charge on any atom is -0.369 e. The van der Waals surface area contributed by atoms with Crippen LogP contribution in [0.15, 0.2) is 40.3 Å². The fourth-order valence-electron chi connectivity index (χ4n) is 3.06. The highest BCUT2D eigenvalue weighted by Gasteiger charge is 2.20. The maximum Gasteiger partial charge on any atom is 0.276 e. The first-order valence-electron chi connectivity index (χ1n) is 8.35. The first kappa shape index (κ1) is 18.9. The van der Waals surface area contributed by atoms with Crippen molar-refractivity contribution in [2.24, 2.45) is 5.73 Å². The van der Waals surface area contributed by atoms with Gasteiger partial charge in [-0.05, 0) is 49.7 Å². The molecule has 0 atom stereocenters. The molecule has 1 amide bonds. The third-order valence-electron chi connectivity index (χ3n) is 4.19. The number of fused-ring (bicyclic) bond motifs is 3. The highest BCUT2D eigenvalue weighted by molar-refractivity contribution is 7.99. The SMILES string of the molecule is Cc1cc(C)c2c(n1)sc1c(=O)n(-c3ccc(Cl)cc3)c(SCC(N)=O)nc12. The van der Waals surface area contributed by atoms with E-state index >= 15 is 0 Å². The molecule has 3 aromatic heterocycles. The molecule has 0 aliphatic heterocycles. The lowest BCUT2D eigenvalue weighted by Gasteiger charge is -2.11. The average Bonchev–Trinajstić information content (AvgIpc) is 3.00. The number of aryl methyl sites for hydroxylation is 2. The lowest BCUT2D eigenvalue weighted by Crippen LogP contribution is -2.22. The van der Waals surface area contributed by atoms with Crippen molar-refractivity contribution in [3.63, 3.8) is 0 Å². The number of hydrogen-bond donors (Lipinski definition) is 1. The molecular weight excluding hydrogens is 416 g/mol. The summed E-state index contributed by atoms with van der Waals surface area (Å²) in [6.07, 6.45) is 0. The lowest BCUT2D eigenvalue weighted by atomic mass is 10.1. The highest BCUT2D eigenvalue weighted by Crippen LogP contribution is 2.34. The van der Waals surface area contributed by atoms with Crippen LogP contribution < -0.4 is 11.3 Å². The summed E-state index contributed by atoms with van der Waals surface area (Å²) in [5, 5.41) is 1.83. The zero-order valence-electron chi connectivity index (χ0n) is 15.0. The summed E-state index contributed by atoms with van der Waals surface area (Å²) in [7, 11) is 0. The summed E-state index contributed by atoms with van der Waals surface area (Å²) >= 11 is 8.45. The fraction of sp³-hybridized carbons (Fsp3) is 0.158. The second-order valence-electron chi connectivity index (χ2n) is 6.31. The second-order valence-corrected chi connectivity index (χ2v) is 8.68. The molecule has 4 aromatic rings. The van der Waals surface area contributed by atoms with Gasteiger partial charge in [0.15, 0.2) is 5.16 Å². The predicted octanol–water partition coefficient (Wildman–Crippen LogP) is 3.84. The van der Waals surface area contributed by atoms with Crippen molar-refractivity contribution < 1.29 is 4.79 Å². The van der Waals surface area contributed by atoms with Crippen LogP contribution in [0.5, 0.6) is 0 Å². The second kappa shape index (κ2) is 7.20. The van der Waals surface area contributed by atoms with E-state index in [2.05, 4.69) is 4.98 Å². The van der Waals surface area contributed by atoms with Gasteiger partial charge in [0.2, 0.25) is 5.91 Å². The van der Waals surface area contributed by atoms with Crippen molar-refractivity contribution in [2.45, 2.75) is 19.0 Å². The summed E-state index contributed by atoms with van der Waals surface area (Å²) in [6, 6.07) is 8.86. The van der Waals surface area contributed by atoms with Crippen molar-refractivity contribution >= 4 is 61.0 Å². The Hall–Kier alpha value is -2.42. The van der Waals surface area contributed by atoms with Gasteiger partial charge in [-0.1, -0.05) is 23.4 Å². The number of primary amides is 1. The summed E-state index contributed by atoms with van der Waals surface area (Å²) in [4.78, 5) is 34.8. The van der Waals surface area contributed by atoms with Crippen LogP contribution in [0.1, 0.15) is 11.3 Å². The van der Waals surface area contributed by atoms with E-state index in [1.165, 1.54) is 15.9 Å². The topological polar surface area (TPSA) is 90.9 Å². The third kappa shape index (κ3) is 3.28. The molecule has 0 saturated carbocycles. The van der Waals surface area contributed by atoms with Crippen molar-refractivity contribution in [3.8, 4) is 5.69 Å². The Labute approximate surface area is 173 Å². The van der Waals surface area contributed by atoms with Crippen LogP contribution in [0, 0.1) is 13.8 Å². The number of hydrogen-bond acceptors (Lipinski definition) is 6. The number of halogens is 1. The van der Waals surface area contributed by atoms with E-state index in [0.717, 1.165) is 33.2 Å². The molecular formula is C19H15ClN4O2S2. The molecule has 1 aromatic carbocycles. The van der Waals surface area contributed by atoms with Crippen molar-refractivity contribution in [3.05, 3.63) is 57.0 Å². The van der Waals surface area contributed by atoms with Crippen LogP contribution in [0.2, 0.25) is 5.02 Å². The van der Waals surface area contributed by atoms with Gasteiger partial charge in [0.25, 0.3) is 5.56 Å². The monoisotopic (exact) mass is 430 g/mol. The highest BCUT2D eigenvalue weighted by atomic mass is 35.5. The zero-order valence-corrected chi connectivity index (χ0v) is 17.4. The van der Waals surface area contributed by atoms with Crippen LogP contribution in [0.25, 0.3) is 26.1 Å². The number of thioether (sulfide) groups is 1. The van der Waals surface area contributed by atoms with E-state index in [0.29, 0.717) is 26.1 Å².